The second kappa shape index (κ2) is 9.46. The van der Waals surface area contributed by atoms with E-state index in [9.17, 15) is 4.79 Å². The summed E-state index contributed by atoms with van der Waals surface area (Å²) in [6.07, 6.45) is -1.05. The Balaban J connectivity index is 2.06. The first-order chi connectivity index (χ1) is 12.7. The number of methoxy groups -OCH3 is 1. The summed E-state index contributed by atoms with van der Waals surface area (Å²) in [5, 5.41) is 8.61. The van der Waals surface area contributed by atoms with Crippen molar-refractivity contribution in [3.8, 4) is 5.75 Å². The molecule has 3 N–H and O–H groups in total. The van der Waals surface area contributed by atoms with Gasteiger partial charge in [0.25, 0.3) is 5.91 Å². The smallest absolute Gasteiger partial charge is 0.253 e. The lowest BCUT2D eigenvalue weighted by atomic mass is 10.1. The number of thiocarbonyl (C=S) groups is 1. The van der Waals surface area contributed by atoms with Gasteiger partial charge in [-0.1, -0.05) is 53.0 Å². The molecule has 2 aromatic rings. The van der Waals surface area contributed by atoms with Crippen molar-refractivity contribution in [2.45, 2.75) is 16.9 Å². The number of ether oxygens (including phenoxy) is 1. The molecule has 1 amide bonds. The van der Waals surface area contributed by atoms with Crippen LogP contribution in [0, 0.1) is 6.92 Å². The Morgan fingerprint density at radius 2 is 1.70 bits per heavy atom. The van der Waals surface area contributed by atoms with Crippen molar-refractivity contribution < 1.29 is 9.53 Å². The zero-order valence-corrected chi connectivity index (χ0v) is 17.6. The third-order valence-corrected chi connectivity index (χ3v) is 4.49. The summed E-state index contributed by atoms with van der Waals surface area (Å²) in [6, 6.07) is 14.2. The van der Waals surface area contributed by atoms with Gasteiger partial charge in [-0.25, -0.2) is 0 Å². The van der Waals surface area contributed by atoms with Gasteiger partial charge in [0, 0.05) is 11.3 Å². The maximum Gasteiger partial charge on any atom is 0.253 e. The van der Waals surface area contributed by atoms with Crippen LogP contribution >= 0.6 is 47.0 Å². The molecule has 1 atom stereocenters. The van der Waals surface area contributed by atoms with Gasteiger partial charge in [-0.05, 0) is 55.0 Å². The largest absolute Gasteiger partial charge is 0.497 e. The van der Waals surface area contributed by atoms with E-state index >= 15 is 0 Å². The first-order valence-corrected chi connectivity index (χ1v) is 9.39. The molecule has 0 aromatic heterocycles. The number of alkyl halides is 3. The molecule has 2 aromatic carbocycles. The van der Waals surface area contributed by atoms with Crippen LogP contribution in [0.25, 0.3) is 0 Å². The average molecular weight is 447 g/mol. The molecule has 0 saturated carbocycles. The van der Waals surface area contributed by atoms with Crippen LogP contribution in [0.3, 0.4) is 0 Å². The molecule has 27 heavy (non-hydrogen) atoms. The molecular weight excluding hydrogens is 429 g/mol. The molecule has 0 aliphatic heterocycles. The summed E-state index contributed by atoms with van der Waals surface area (Å²) in [5.74, 6) is 0.327. The minimum Gasteiger partial charge on any atom is -0.497 e. The van der Waals surface area contributed by atoms with Crippen LogP contribution in [-0.4, -0.2) is 28.1 Å². The highest BCUT2D eigenvalue weighted by Crippen LogP contribution is 2.29. The van der Waals surface area contributed by atoms with E-state index in [0.717, 1.165) is 5.56 Å². The van der Waals surface area contributed by atoms with Gasteiger partial charge in [0.15, 0.2) is 5.11 Å². The minimum absolute atomic E-state index is 0.182. The molecule has 9 heteroatoms. The molecule has 144 valence electrons. The number of amides is 1. The van der Waals surface area contributed by atoms with Crippen LogP contribution in [0.5, 0.6) is 5.75 Å². The molecule has 0 radical (unpaired) electrons. The van der Waals surface area contributed by atoms with Crippen molar-refractivity contribution >= 4 is 63.7 Å². The summed E-state index contributed by atoms with van der Waals surface area (Å²) in [4.78, 5) is 12.5. The summed E-state index contributed by atoms with van der Waals surface area (Å²) in [7, 11) is 1.58. The third kappa shape index (κ3) is 6.43. The summed E-state index contributed by atoms with van der Waals surface area (Å²) in [6.45, 7) is 1.82. The lowest BCUT2D eigenvalue weighted by Crippen LogP contribution is -2.56. The fourth-order valence-corrected chi connectivity index (χ4v) is 2.77. The maximum absolute atomic E-state index is 12.5. The standard InChI is InChI=1S/C18H18Cl3N3O2S/c1-11-5-3-4-6-14(11)15(25)23-16(18(19,20)21)24-17(27)22-12-7-9-13(26-2)10-8-12/h3-10,16H,1-2H3,(H,23,25)(H2,22,24,27)/t16-/m0/s1. The van der Waals surface area contributed by atoms with E-state index in [4.69, 9.17) is 51.8 Å². The topological polar surface area (TPSA) is 62.4 Å². The predicted molar refractivity (Wildman–Crippen MR) is 115 cm³/mol. The van der Waals surface area contributed by atoms with E-state index in [1.54, 1.807) is 43.5 Å². The minimum atomic E-state index is -1.83. The fraction of sp³-hybridized carbons (Fsp3) is 0.222. The Bertz CT molecular complexity index is 810. The predicted octanol–water partition coefficient (Wildman–Crippen LogP) is 4.42. The molecule has 0 aliphatic carbocycles. The van der Waals surface area contributed by atoms with E-state index in [-0.39, 0.29) is 11.0 Å². The number of hydrogen-bond donors (Lipinski definition) is 3. The molecule has 0 bridgehead atoms. The van der Waals surface area contributed by atoms with Gasteiger partial charge in [0.05, 0.1) is 7.11 Å². The zero-order valence-electron chi connectivity index (χ0n) is 14.6. The van der Waals surface area contributed by atoms with Crippen molar-refractivity contribution in [1.29, 1.82) is 0 Å². The Kier molecular flexibility index (Phi) is 7.56. The maximum atomic E-state index is 12.5. The summed E-state index contributed by atoms with van der Waals surface area (Å²) in [5.41, 5.74) is 1.99. The zero-order chi connectivity index (χ0) is 20.0. The molecule has 0 aliphatic rings. The van der Waals surface area contributed by atoms with Gasteiger partial charge in [-0.2, -0.15) is 0 Å². The Labute approximate surface area is 178 Å². The lowest BCUT2D eigenvalue weighted by Gasteiger charge is -2.28. The quantitative estimate of drug-likeness (QED) is 0.361. The van der Waals surface area contributed by atoms with Crippen molar-refractivity contribution in [1.82, 2.24) is 10.6 Å². The number of halogens is 3. The second-order valence-corrected chi connectivity index (χ2v) is 8.37. The number of rotatable bonds is 5. The fourth-order valence-electron chi connectivity index (χ4n) is 2.21. The molecular formula is C18H18Cl3N3O2S. The number of carbonyl (C=O) groups excluding carboxylic acids is 1. The van der Waals surface area contributed by atoms with Crippen molar-refractivity contribution in [2.75, 3.05) is 12.4 Å². The Morgan fingerprint density at radius 1 is 1.07 bits per heavy atom. The van der Waals surface area contributed by atoms with Gasteiger partial charge < -0.3 is 20.7 Å². The summed E-state index contributed by atoms with van der Waals surface area (Å²) >= 11 is 23.3. The number of anilines is 1. The molecule has 0 saturated heterocycles. The molecule has 5 nitrogen and oxygen atoms in total. The number of aryl methyl sites for hydroxylation is 1. The lowest BCUT2D eigenvalue weighted by molar-refractivity contribution is 0.0934. The molecule has 0 spiro atoms. The van der Waals surface area contributed by atoms with Crippen LogP contribution in [0.1, 0.15) is 15.9 Å². The van der Waals surface area contributed by atoms with E-state index in [1.165, 1.54) is 0 Å². The summed E-state index contributed by atoms with van der Waals surface area (Å²) < 4.78 is 3.27. The first-order valence-electron chi connectivity index (χ1n) is 7.85. The van der Waals surface area contributed by atoms with Crippen LogP contribution in [0.15, 0.2) is 48.5 Å². The highest BCUT2D eigenvalue weighted by molar-refractivity contribution is 7.80. The highest BCUT2D eigenvalue weighted by atomic mass is 35.6. The normalized spacial score (nSPS) is 12.0. The number of hydrogen-bond acceptors (Lipinski definition) is 3. The van der Waals surface area contributed by atoms with E-state index < -0.39 is 9.96 Å². The van der Waals surface area contributed by atoms with Crippen LogP contribution in [0.2, 0.25) is 0 Å². The van der Waals surface area contributed by atoms with Crippen LogP contribution in [0.4, 0.5) is 5.69 Å². The van der Waals surface area contributed by atoms with Gasteiger partial charge >= 0.3 is 0 Å². The van der Waals surface area contributed by atoms with Crippen LogP contribution in [-0.2, 0) is 0 Å². The van der Waals surface area contributed by atoms with E-state index in [1.807, 2.05) is 19.1 Å². The van der Waals surface area contributed by atoms with Gasteiger partial charge in [-0.3, -0.25) is 4.79 Å². The Hall–Kier alpha value is -1.73. The highest BCUT2D eigenvalue weighted by Gasteiger charge is 2.35. The molecule has 2 rings (SSSR count). The van der Waals surface area contributed by atoms with Gasteiger partial charge in [0.2, 0.25) is 3.79 Å². The van der Waals surface area contributed by atoms with E-state index in [2.05, 4.69) is 16.0 Å². The van der Waals surface area contributed by atoms with Gasteiger partial charge in [-0.15, -0.1) is 0 Å². The number of carbonyl (C=O) groups is 1. The third-order valence-electron chi connectivity index (χ3n) is 3.62. The number of nitrogens with one attached hydrogen (secondary N) is 3. The Morgan fingerprint density at radius 3 is 2.26 bits per heavy atom. The monoisotopic (exact) mass is 445 g/mol. The molecule has 0 unspecified atom stereocenters. The molecule has 0 fully saturated rings. The second-order valence-electron chi connectivity index (χ2n) is 5.59. The van der Waals surface area contributed by atoms with Gasteiger partial charge in [0.1, 0.15) is 11.9 Å². The average Bonchev–Trinajstić information content (AvgIpc) is 2.61. The van der Waals surface area contributed by atoms with Crippen LogP contribution < -0.4 is 20.7 Å². The SMILES string of the molecule is COc1ccc(NC(=S)N[C@H](NC(=O)c2ccccc2C)C(Cl)(Cl)Cl)cc1. The van der Waals surface area contributed by atoms with Crippen molar-refractivity contribution in [2.24, 2.45) is 0 Å². The van der Waals surface area contributed by atoms with Crippen molar-refractivity contribution in [3.05, 3.63) is 59.7 Å². The van der Waals surface area contributed by atoms with E-state index in [0.29, 0.717) is 17.0 Å². The van der Waals surface area contributed by atoms with Crippen molar-refractivity contribution in [3.63, 3.8) is 0 Å². The first kappa shape index (κ1) is 21.6. The number of benzene rings is 2. The molecule has 0 heterocycles.